The first-order valence-electron chi connectivity index (χ1n) is 6.23. The number of carbonyl (C=O) groups is 1. The molecule has 108 valence electrons. The molecule has 1 saturated heterocycles. The number of nitrogens with one attached hydrogen (secondary N) is 1. The lowest BCUT2D eigenvalue weighted by Crippen LogP contribution is -2.21. The van der Waals surface area contributed by atoms with Crippen LogP contribution in [0.5, 0.6) is 0 Å². The number of halogens is 1. The number of sulfone groups is 1. The number of hydrazone groups is 1. The number of nitrogens with zero attached hydrogens (tertiary/aromatic N) is 1. The Kier molecular flexibility index (Phi) is 4.49. The van der Waals surface area contributed by atoms with Gasteiger partial charge in [0.1, 0.15) is 5.82 Å². The molecule has 2 rings (SSSR count). The maximum absolute atomic E-state index is 13.3. The van der Waals surface area contributed by atoms with Crippen LogP contribution in [0.15, 0.2) is 29.4 Å². The van der Waals surface area contributed by atoms with Gasteiger partial charge in [0.15, 0.2) is 9.84 Å². The van der Waals surface area contributed by atoms with E-state index in [-0.39, 0.29) is 35.3 Å². The summed E-state index contributed by atoms with van der Waals surface area (Å²) in [5.41, 5.74) is 2.56. The van der Waals surface area contributed by atoms with Crippen molar-refractivity contribution in [1.82, 2.24) is 5.43 Å². The second-order valence-electron chi connectivity index (χ2n) is 4.79. The van der Waals surface area contributed by atoms with Gasteiger partial charge in [0.05, 0.1) is 17.7 Å². The third-order valence-corrected chi connectivity index (χ3v) is 4.94. The normalized spacial score (nSPS) is 21.1. The molecule has 1 aromatic carbocycles. The van der Waals surface area contributed by atoms with E-state index < -0.39 is 15.7 Å². The van der Waals surface area contributed by atoms with Gasteiger partial charge in [0.25, 0.3) is 0 Å². The zero-order valence-electron chi connectivity index (χ0n) is 10.8. The Morgan fingerprint density at radius 3 is 2.85 bits per heavy atom. The molecule has 0 aliphatic carbocycles. The molecule has 1 atom stereocenters. The van der Waals surface area contributed by atoms with E-state index in [2.05, 4.69) is 10.5 Å². The Labute approximate surface area is 116 Å². The fourth-order valence-corrected chi connectivity index (χ4v) is 3.96. The van der Waals surface area contributed by atoms with Gasteiger partial charge in [-0.2, -0.15) is 5.10 Å². The molecule has 1 amide bonds. The van der Waals surface area contributed by atoms with Gasteiger partial charge >= 0.3 is 0 Å². The summed E-state index contributed by atoms with van der Waals surface area (Å²) in [6.07, 6.45) is 1.85. The predicted molar refractivity (Wildman–Crippen MR) is 73.5 cm³/mol. The maximum atomic E-state index is 13.3. The van der Waals surface area contributed by atoms with Crippen molar-refractivity contribution in [3.63, 3.8) is 0 Å². The molecule has 5 nitrogen and oxygen atoms in total. The summed E-state index contributed by atoms with van der Waals surface area (Å²) >= 11 is 0. The van der Waals surface area contributed by atoms with Crippen LogP contribution in [0.3, 0.4) is 0 Å². The monoisotopic (exact) mass is 298 g/mol. The Bertz CT molecular complexity index is 628. The number of amides is 1. The third kappa shape index (κ3) is 4.12. The molecular formula is C13H15FN2O3S. The second-order valence-corrected chi connectivity index (χ2v) is 7.02. The molecule has 0 radical (unpaired) electrons. The van der Waals surface area contributed by atoms with Gasteiger partial charge in [-0.1, -0.05) is 18.2 Å². The topological polar surface area (TPSA) is 75.6 Å². The predicted octanol–water partition coefficient (Wildman–Crippen LogP) is 1.10. The fraction of sp³-hybridized carbons (Fsp3) is 0.385. The van der Waals surface area contributed by atoms with Crippen LogP contribution in [0.1, 0.15) is 18.4 Å². The molecule has 1 aromatic rings. The van der Waals surface area contributed by atoms with Gasteiger partial charge in [0, 0.05) is 12.0 Å². The summed E-state index contributed by atoms with van der Waals surface area (Å²) in [6, 6.07) is 6.06. The van der Waals surface area contributed by atoms with Gasteiger partial charge in [-0.3, -0.25) is 4.79 Å². The molecule has 20 heavy (non-hydrogen) atoms. The van der Waals surface area contributed by atoms with Crippen LogP contribution in [0.4, 0.5) is 4.39 Å². The number of rotatable bonds is 4. The zero-order chi connectivity index (χ0) is 14.6. The van der Waals surface area contributed by atoms with Crippen LogP contribution in [0.25, 0.3) is 0 Å². The minimum Gasteiger partial charge on any atom is -0.273 e. The smallest absolute Gasteiger partial charge is 0.240 e. The van der Waals surface area contributed by atoms with Crippen molar-refractivity contribution < 1.29 is 17.6 Å². The average Bonchev–Trinajstić information content (AvgIpc) is 2.71. The highest BCUT2D eigenvalue weighted by molar-refractivity contribution is 7.91. The first kappa shape index (κ1) is 14.6. The number of carbonyl (C=O) groups excluding carboxylic acids is 1. The van der Waals surface area contributed by atoms with E-state index in [1.807, 2.05) is 0 Å². The molecule has 0 saturated carbocycles. The highest BCUT2D eigenvalue weighted by Crippen LogP contribution is 2.21. The Balaban J connectivity index is 1.83. The molecule has 0 aromatic heterocycles. The van der Waals surface area contributed by atoms with Crippen molar-refractivity contribution in [3.05, 3.63) is 35.6 Å². The number of hydrogen-bond acceptors (Lipinski definition) is 4. The lowest BCUT2D eigenvalue weighted by atomic mass is 10.1. The van der Waals surface area contributed by atoms with Gasteiger partial charge in [0.2, 0.25) is 5.91 Å². The Hall–Kier alpha value is -1.76. The lowest BCUT2D eigenvalue weighted by molar-refractivity contribution is -0.121. The van der Waals surface area contributed by atoms with Crippen LogP contribution in [-0.2, 0) is 14.6 Å². The maximum Gasteiger partial charge on any atom is 0.240 e. The van der Waals surface area contributed by atoms with E-state index in [4.69, 9.17) is 0 Å². The van der Waals surface area contributed by atoms with Crippen molar-refractivity contribution in [2.75, 3.05) is 11.5 Å². The van der Waals surface area contributed by atoms with Crippen molar-refractivity contribution in [2.24, 2.45) is 11.0 Å². The van der Waals surface area contributed by atoms with Gasteiger partial charge in [-0.05, 0) is 18.4 Å². The largest absolute Gasteiger partial charge is 0.273 e. The zero-order valence-corrected chi connectivity index (χ0v) is 11.6. The van der Waals surface area contributed by atoms with Crippen LogP contribution in [-0.4, -0.2) is 32.0 Å². The van der Waals surface area contributed by atoms with Gasteiger partial charge < -0.3 is 0 Å². The van der Waals surface area contributed by atoms with E-state index in [9.17, 15) is 17.6 Å². The Morgan fingerprint density at radius 1 is 1.45 bits per heavy atom. The van der Waals surface area contributed by atoms with Crippen LogP contribution < -0.4 is 5.43 Å². The molecule has 1 aliphatic rings. The summed E-state index contributed by atoms with van der Waals surface area (Å²) in [7, 11) is -2.98. The quantitative estimate of drug-likeness (QED) is 0.668. The first-order chi connectivity index (χ1) is 9.46. The molecule has 0 spiro atoms. The van der Waals surface area contributed by atoms with Crippen molar-refractivity contribution in [2.45, 2.75) is 12.8 Å². The van der Waals surface area contributed by atoms with Crippen molar-refractivity contribution >= 4 is 22.0 Å². The van der Waals surface area contributed by atoms with Crippen LogP contribution in [0, 0.1) is 11.7 Å². The van der Waals surface area contributed by atoms with Gasteiger partial charge in [-0.15, -0.1) is 0 Å². The second kappa shape index (κ2) is 6.13. The molecule has 1 N–H and O–H groups in total. The molecule has 0 unspecified atom stereocenters. The van der Waals surface area contributed by atoms with Crippen molar-refractivity contribution in [3.8, 4) is 0 Å². The van der Waals surface area contributed by atoms with E-state index in [0.717, 1.165) is 0 Å². The van der Waals surface area contributed by atoms with Gasteiger partial charge in [-0.25, -0.2) is 18.2 Å². The molecule has 0 bridgehead atoms. The lowest BCUT2D eigenvalue weighted by Gasteiger charge is -2.05. The highest BCUT2D eigenvalue weighted by atomic mass is 32.2. The minimum absolute atomic E-state index is 0.0530. The van der Waals surface area contributed by atoms with E-state index >= 15 is 0 Å². The summed E-state index contributed by atoms with van der Waals surface area (Å²) < 4.78 is 35.8. The summed E-state index contributed by atoms with van der Waals surface area (Å²) in [5.74, 6) is -0.739. The van der Waals surface area contributed by atoms with Crippen LogP contribution in [0.2, 0.25) is 0 Å². The highest BCUT2D eigenvalue weighted by Gasteiger charge is 2.29. The van der Waals surface area contributed by atoms with E-state index in [0.29, 0.717) is 6.42 Å². The van der Waals surface area contributed by atoms with E-state index in [1.54, 1.807) is 12.1 Å². The average molecular weight is 298 g/mol. The Morgan fingerprint density at radius 2 is 2.20 bits per heavy atom. The number of hydrogen-bond donors (Lipinski definition) is 1. The summed E-state index contributed by atoms with van der Waals surface area (Å²) in [4.78, 5) is 11.6. The molecular weight excluding hydrogens is 283 g/mol. The molecule has 1 fully saturated rings. The standard InChI is InChI=1S/C13H15FN2O3S/c14-12-4-2-1-3-11(12)8-15-16-13(17)7-10-5-6-20(18,19)9-10/h1-4,8,10H,5-7,9H2,(H,16,17)/b15-8-/t10-/m0/s1. The number of benzene rings is 1. The molecule has 1 aliphatic heterocycles. The summed E-state index contributed by atoms with van der Waals surface area (Å²) in [6.45, 7) is 0. The van der Waals surface area contributed by atoms with Crippen LogP contribution >= 0.6 is 0 Å². The molecule has 1 heterocycles. The summed E-state index contributed by atoms with van der Waals surface area (Å²) in [5, 5.41) is 3.67. The van der Waals surface area contributed by atoms with Crippen molar-refractivity contribution in [1.29, 1.82) is 0 Å². The van der Waals surface area contributed by atoms with E-state index in [1.165, 1.54) is 18.3 Å². The molecule has 7 heteroatoms. The minimum atomic E-state index is -2.98. The SMILES string of the molecule is O=C(C[C@@H]1CCS(=O)(=O)C1)N/N=C\c1ccccc1F. The first-order valence-corrected chi connectivity index (χ1v) is 8.05. The third-order valence-electron chi connectivity index (χ3n) is 3.10. The fourth-order valence-electron chi connectivity index (χ4n) is 2.09.